The van der Waals surface area contributed by atoms with Crippen LogP contribution in [-0.2, 0) is 4.79 Å². The van der Waals surface area contributed by atoms with E-state index in [-0.39, 0.29) is 18.2 Å². The SMILES string of the molecule is CC(=O)NCC#Cc1cccc(N)c1O. The fourth-order valence-electron chi connectivity index (χ4n) is 0.970. The van der Waals surface area contributed by atoms with E-state index in [0.717, 1.165) is 0 Å². The summed E-state index contributed by atoms with van der Waals surface area (Å²) in [5, 5.41) is 12.0. The zero-order valence-electron chi connectivity index (χ0n) is 8.37. The third kappa shape index (κ3) is 3.24. The first-order valence-corrected chi connectivity index (χ1v) is 4.42. The second-order valence-corrected chi connectivity index (χ2v) is 2.95. The Balaban J connectivity index is 2.72. The monoisotopic (exact) mass is 204 g/mol. The molecule has 0 unspecified atom stereocenters. The Hall–Kier alpha value is -2.15. The number of nitrogens with two attached hydrogens (primary N) is 1. The van der Waals surface area contributed by atoms with Crippen LogP contribution in [0.2, 0.25) is 0 Å². The number of rotatable bonds is 1. The second kappa shape index (κ2) is 4.91. The van der Waals surface area contributed by atoms with Crippen LogP contribution in [0.3, 0.4) is 0 Å². The molecule has 0 radical (unpaired) electrons. The Labute approximate surface area is 88.1 Å². The summed E-state index contributed by atoms with van der Waals surface area (Å²) in [6.07, 6.45) is 0. The van der Waals surface area contributed by atoms with Crippen LogP contribution >= 0.6 is 0 Å². The lowest BCUT2D eigenvalue weighted by Crippen LogP contribution is -2.19. The highest BCUT2D eigenvalue weighted by Crippen LogP contribution is 2.22. The molecule has 15 heavy (non-hydrogen) atoms. The summed E-state index contributed by atoms with van der Waals surface area (Å²) in [6.45, 7) is 1.67. The molecular formula is C11H12N2O2. The van der Waals surface area contributed by atoms with Crippen LogP contribution in [0.5, 0.6) is 5.75 Å². The van der Waals surface area contributed by atoms with Crippen molar-refractivity contribution in [2.75, 3.05) is 12.3 Å². The van der Waals surface area contributed by atoms with E-state index < -0.39 is 0 Å². The van der Waals surface area contributed by atoms with Crippen molar-refractivity contribution in [3.63, 3.8) is 0 Å². The molecule has 1 rings (SSSR count). The molecule has 0 heterocycles. The number of hydrogen-bond acceptors (Lipinski definition) is 3. The number of nitrogens with one attached hydrogen (secondary N) is 1. The first-order chi connectivity index (χ1) is 7.11. The van der Waals surface area contributed by atoms with Gasteiger partial charge in [-0.2, -0.15) is 0 Å². The summed E-state index contributed by atoms with van der Waals surface area (Å²) >= 11 is 0. The number of nitrogen functional groups attached to an aromatic ring is 1. The number of carbonyl (C=O) groups is 1. The van der Waals surface area contributed by atoms with Gasteiger partial charge in [0.2, 0.25) is 5.91 Å². The van der Waals surface area contributed by atoms with Crippen LogP contribution in [0.15, 0.2) is 18.2 Å². The molecule has 0 aliphatic heterocycles. The molecule has 78 valence electrons. The van der Waals surface area contributed by atoms with Gasteiger partial charge in [0, 0.05) is 6.92 Å². The van der Waals surface area contributed by atoms with Crippen LogP contribution in [-0.4, -0.2) is 17.6 Å². The van der Waals surface area contributed by atoms with Crippen molar-refractivity contribution in [1.82, 2.24) is 5.32 Å². The summed E-state index contributed by atoms with van der Waals surface area (Å²) in [6, 6.07) is 4.96. The number of hydrogen-bond donors (Lipinski definition) is 3. The van der Waals surface area contributed by atoms with E-state index >= 15 is 0 Å². The molecule has 0 aliphatic carbocycles. The van der Waals surface area contributed by atoms with Gasteiger partial charge in [-0.3, -0.25) is 4.79 Å². The molecule has 0 bridgehead atoms. The molecule has 0 spiro atoms. The molecule has 1 aromatic carbocycles. The topological polar surface area (TPSA) is 75.4 Å². The van der Waals surface area contributed by atoms with Gasteiger partial charge in [-0.15, -0.1) is 0 Å². The van der Waals surface area contributed by atoms with E-state index in [9.17, 15) is 9.90 Å². The number of amides is 1. The number of aromatic hydroxyl groups is 1. The van der Waals surface area contributed by atoms with Gasteiger partial charge in [-0.05, 0) is 12.1 Å². The van der Waals surface area contributed by atoms with Gasteiger partial charge in [0.15, 0.2) is 5.75 Å². The molecule has 0 saturated carbocycles. The molecule has 1 amide bonds. The lowest BCUT2D eigenvalue weighted by Gasteiger charge is -1.99. The van der Waals surface area contributed by atoms with Crippen molar-refractivity contribution in [2.24, 2.45) is 0 Å². The van der Waals surface area contributed by atoms with Crippen molar-refractivity contribution < 1.29 is 9.90 Å². The minimum atomic E-state index is -0.138. The molecule has 0 aromatic heterocycles. The Morgan fingerprint density at radius 2 is 2.33 bits per heavy atom. The van der Waals surface area contributed by atoms with Gasteiger partial charge in [-0.1, -0.05) is 17.9 Å². The van der Waals surface area contributed by atoms with Crippen LogP contribution in [0.25, 0.3) is 0 Å². The molecule has 0 atom stereocenters. The minimum Gasteiger partial charge on any atom is -0.505 e. The average molecular weight is 204 g/mol. The van der Waals surface area contributed by atoms with Crippen molar-refractivity contribution >= 4 is 11.6 Å². The van der Waals surface area contributed by atoms with Crippen LogP contribution in [0.4, 0.5) is 5.69 Å². The summed E-state index contributed by atoms with van der Waals surface area (Å²) in [5.41, 5.74) is 6.24. The summed E-state index contributed by atoms with van der Waals surface area (Å²) in [4.78, 5) is 10.5. The first kappa shape index (κ1) is 10.9. The molecule has 1 aromatic rings. The fraction of sp³-hybridized carbons (Fsp3) is 0.182. The summed E-state index contributed by atoms with van der Waals surface area (Å²) in [7, 11) is 0. The summed E-state index contributed by atoms with van der Waals surface area (Å²) in [5.74, 6) is 5.26. The zero-order chi connectivity index (χ0) is 11.3. The predicted octanol–water partition coefficient (Wildman–Crippen LogP) is 0.462. The molecular weight excluding hydrogens is 192 g/mol. The number of benzene rings is 1. The van der Waals surface area contributed by atoms with Crippen molar-refractivity contribution in [3.8, 4) is 17.6 Å². The first-order valence-electron chi connectivity index (χ1n) is 4.42. The lowest BCUT2D eigenvalue weighted by molar-refractivity contribution is -0.118. The highest BCUT2D eigenvalue weighted by molar-refractivity contribution is 5.73. The zero-order valence-corrected chi connectivity index (χ0v) is 8.37. The fourth-order valence-corrected chi connectivity index (χ4v) is 0.970. The quantitative estimate of drug-likeness (QED) is 0.353. The van der Waals surface area contributed by atoms with Crippen LogP contribution < -0.4 is 11.1 Å². The normalized spacial score (nSPS) is 8.87. The third-order valence-corrected chi connectivity index (χ3v) is 1.72. The molecule has 4 nitrogen and oxygen atoms in total. The van der Waals surface area contributed by atoms with Crippen molar-refractivity contribution in [1.29, 1.82) is 0 Å². The van der Waals surface area contributed by atoms with Gasteiger partial charge >= 0.3 is 0 Å². The van der Waals surface area contributed by atoms with E-state index in [0.29, 0.717) is 11.3 Å². The van der Waals surface area contributed by atoms with E-state index in [1.54, 1.807) is 18.2 Å². The number of phenolic OH excluding ortho intramolecular Hbond substituents is 1. The lowest BCUT2D eigenvalue weighted by atomic mass is 10.2. The van der Waals surface area contributed by atoms with Gasteiger partial charge in [-0.25, -0.2) is 0 Å². The third-order valence-electron chi connectivity index (χ3n) is 1.72. The van der Waals surface area contributed by atoms with Crippen LogP contribution in [0.1, 0.15) is 12.5 Å². The van der Waals surface area contributed by atoms with E-state index in [1.807, 2.05) is 0 Å². The number of anilines is 1. The van der Waals surface area contributed by atoms with Gasteiger partial charge < -0.3 is 16.2 Å². The molecule has 4 heteroatoms. The number of phenols is 1. The average Bonchev–Trinajstić information content (AvgIpc) is 2.18. The maximum Gasteiger partial charge on any atom is 0.217 e. The molecule has 4 N–H and O–H groups in total. The van der Waals surface area contributed by atoms with Crippen LogP contribution in [0, 0.1) is 11.8 Å². The second-order valence-electron chi connectivity index (χ2n) is 2.95. The smallest absolute Gasteiger partial charge is 0.217 e. The molecule has 0 fully saturated rings. The van der Waals surface area contributed by atoms with Crippen molar-refractivity contribution in [3.05, 3.63) is 23.8 Å². The van der Waals surface area contributed by atoms with Gasteiger partial charge in [0.1, 0.15) is 0 Å². The maximum absolute atomic E-state index is 10.5. The minimum absolute atomic E-state index is 0.0205. The highest BCUT2D eigenvalue weighted by atomic mass is 16.3. The largest absolute Gasteiger partial charge is 0.505 e. The molecule has 0 aliphatic rings. The predicted molar refractivity (Wildman–Crippen MR) is 58.1 cm³/mol. The van der Waals surface area contributed by atoms with Gasteiger partial charge in [0.05, 0.1) is 17.8 Å². The Morgan fingerprint density at radius 3 is 3.00 bits per heavy atom. The number of para-hydroxylation sites is 1. The van der Waals surface area contributed by atoms with Gasteiger partial charge in [0.25, 0.3) is 0 Å². The number of carbonyl (C=O) groups excluding carboxylic acids is 1. The summed E-state index contributed by atoms with van der Waals surface area (Å²) < 4.78 is 0. The van der Waals surface area contributed by atoms with E-state index in [1.165, 1.54) is 6.92 Å². The Kier molecular flexibility index (Phi) is 3.58. The Morgan fingerprint density at radius 1 is 1.60 bits per heavy atom. The highest BCUT2D eigenvalue weighted by Gasteiger charge is 1.99. The maximum atomic E-state index is 10.5. The van der Waals surface area contributed by atoms with E-state index in [4.69, 9.17) is 5.73 Å². The molecule has 0 saturated heterocycles. The standard InChI is InChI=1S/C11H12N2O2/c1-8(14)13-7-3-5-9-4-2-6-10(12)11(9)15/h2,4,6,15H,7,12H2,1H3,(H,13,14). The Bertz CT molecular complexity index is 430. The van der Waals surface area contributed by atoms with Crippen molar-refractivity contribution in [2.45, 2.75) is 6.92 Å². The van der Waals surface area contributed by atoms with E-state index in [2.05, 4.69) is 17.2 Å².